The molecule has 0 radical (unpaired) electrons. The van der Waals surface area contributed by atoms with Gasteiger partial charge in [0.2, 0.25) is 5.91 Å². The smallest absolute Gasteiger partial charge is 0.250 e. The first-order chi connectivity index (χ1) is 15.5. The van der Waals surface area contributed by atoms with Crippen LogP contribution in [0.1, 0.15) is 0 Å². The summed E-state index contributed by atoms with van der Waals surface area (Å²) in [5.74, 6) is -0.132. The van der Waals surface area contributed by atoms with E-state index in [-0.39, 0.29) is 11.7 Å². The SMILES string of the molecule is C=CC(=O)N(CCn1nc(-c2cc(F)cc(OC)c2)c2c(N)ncnc21)c1ccccc1. The van der Waals surface area contributed by atoms with Crippen LogP contribution in [0.15, 0.2) is 67.5 Å². The minimum absolute atomic E-state index is 0.224. The quantitative estimate of drug-likeness (QED) is 0.449. The highest BCUT2D eigenvalue weighted by molar-refractivity contribution is 6.01. The van der Waals surface area contributed by atoms with Crippen LogP contribution in [0.4, 0.5) is 15.9 Å². The minimum atomic E-state index is -0.468. The fourth-order valence-corrected chi connectivity index (χ4v) is 3.49. The Kier molecular flexibility index (Phi) is 5.80. The van der Waals surface area contributed by atoms with Crippen LogP contribution in [0.3, 0.4) is 0 Å². The Bertz CT molecular complexity index is 1290. The van der Waals surface area contributed by atoms with E-state index in [9.17, 15) is 9.18 Å². The molecule has 0 fully saturated rings. The molecule has 0 atom stereocenters. The maximum absolute atomic E-state index is 14.1. The minimum Gasteiger partial charge on any atom is -0.497 e. The second-order valence-electron chi connectivity index (χ2n) is 6.94. The van der Waals surface area contributed by atoms with Crippen LogP contribution in [-0.4, -0.2) is 39.3 Å². The first kappa shape index (κ1) is 21.0. The molecule has 4 aromatic rings. The number of hydrogen-bond donors (Lipinski definition) is 1. The molecule has 4 rings (SSSR count). The van der Waals surface area contributed by atoms with E-state index in [1.165, 1.54) is 31.6 Å². The van der Waals surface area contributed by atoms with Crippen LogP contribution >= 0.6 is 0 Å². The number of nitrogens with zero attached hydrogens (tertiary/aromatic N) is 5. The summed E-state index contributed by atoms with van der Waals surface area (Å²) in [4.78, 5) is 22.5. The fourth-order valence-electron chi connectivity index (χ4n) is 3.49. The van der Waals surface area contributed by atoms with Crippen molar-refractivity contribution in [3.8, 4) is 17.0 Å². The number of carbonyl (C=O) groups is 1. The van der Waals surface area contributed by atoms with Crippen molar-refractivity contribution >= 4 is 28.4 Å². The lowest BCUT2D eigenvalue weighted by atomic mass is 10.1. The van der Waals surface area contributed by atoms with Crippen molar-refractivity contribution in [2.45, 2.75) is 6.54 Å². The van der Waals surface area contributed by atoms with Gasteiger partial charge in [0, 0.05) is 23.9 Å². The van der Waals surface area contributed by atoms with Gasteiger partial charge in [-0.25, -0.2) is 19.0 Å². The standard InChI is InChI=1S/C23H21FN6O2/c1-3-19(31)29(17-7-5-4-6-8-17)9-10-30-23-20(22(25)26-14-27-23)21(28-30)15-11-16(24)13-18(12-15)32-2/h3-8,11-14H,1,9-10H2,2H3,(H2,25,26,27). The third-order valence-corrected chi connectivity index (χ3v) is 4.98. The van der Waals surface area contributed by atoms with Crippen molar-refractivity contribution < 1.29 is 13.9 Å². The van der Waals surface area contributed by atoms with Gasteiger partial charge in [-0.15, -0.1) is 0 Å². The number of hydrogen-bond acceptors (Lipinski definition) is 6. The first-order valence-corrected chi connectivity index (χ1v) is 9.82. The van der Waals surface area contributed by atoms with Crippen molar-refractivity contribution in [1.29, 1.82) is 0 Å². The predicted octanol–water partition coefficient (Wildman–Crippen LogP) is 3.44. The highest BCUT2D eigenvalue weighted by Gasteiger charge is 2.20. The number of halogens is 1. The maximum Gasteiger partial charge on any atom is 0.250 e. The number of nitrogens with two attached hydrogens (primary N) is 1. The number of methoxy groups -OCH3 is 1. The summed E-state index contributed by atoms with van der Waals surface area (Å²) in [5.41, 5.74) is 8.25. The van der Waals surface area contributed by atoms with Gasteiger partial charge in [0.1, 0.15) is 29.4 Å². The fraction of sp³-hybridized carbons (Fsp3) is 0.130. The van der Waals surface area contributed by atoms with Gasteiger partial charge in [-0.2, -0.15) is 5.10 Å². The van der Waals surface area contributed by atoms with E-state index in [2.05, 4.69) is 21.6 Å². The Labute approximate surface area is 183 Å². The van der Waals surface area contributed by atoms with E-state index in [4.69, 9.17) is 10.5 Å². The zero-order valence-corrected chi connectivity index (χ0v) is 17.4. The number of fused-ring (bicyclic) bond motifs is 1. The van der Waals surface area contributed by atoms with Crippen LogP contribution in [0, 0.1) is 5.82 Å². The van der Waals surface area contributed by atoms with E-state index < -0.39 is 5.82 Å². The number of ether oxygens (including phenoxy) is 1. The Hall–Kier alpha value is -4.27. The van der Waals surface area contributed by atoms with Gasteiger partial charge in [0.05, 0.1) is 19.0 Å². The van der Waals surface area contributed by atoms with Crippen molar-refractivity contribution in [1.82, 2.24) is 19.7 Å². The van der Waals surface area contributed by atoms with E-state index in [0.717, 1.165) is 5.69 Å². The summed E-state index contributed by atoms with van der Waals surface area (Å²) in [6.07, 6.45) is 2.61. The number of amides is 1. The van der Waals surface area contributed by atoms with Crippen molar-refractivity contribution in [2.75, 3.05) is 24.3 Å². The number of aromatic nitrogens is 4. The van der Waals surface area contributed by atoms with Gasteiger partial charge in [-0.05, 0) is 30.3 Å². The average Bonchev–Trinajstić information content (AvgIpc) is 3.19. The monoisotopic (exact) mass is 432 g/mol. The highest BCUT2D eigenvalue weighted by Crippen LogP contribution is 2.32. The van der Waals surface area contributed by atoms with E-state index in [1.54, 1.807) is 15.6 Å². The van der Waals surface area contributed by atoms with Crippen LogP contribution < -0.4 is 15.4 Å². The molecule has 162 valence electrons. The number of benzene rings is 2. The van der Waals surface area contributed by atoms with Crippen LogP contribution in [0.2, 0.25) is 0 Å². The van der Waals surface area contributed by atoms with Crippen molar-refractivity contribution in [2.24, 2.45) is 0 Å². The molecule has 8 nitrogen and oxygen atoms in total. The largest absolute Gasteiger partial charge is 0.497 e. The molecule has 2 heterocycles. The lowest BCUT2D eigenvalue weighted by molar-refractivity contribution is -0.114. The summed E-state index contributed by atoms with van der Waals surface area (Å²) in [6, 6.07) is 13.6. The normalized spacial score (nSPS) is 10.8. The number of anilines is 2. The second kappa shape index (κ2) is 8.84. The molecule has 9 heteroatoms. The van der Waals surface area contributed by atoms with E-state index in [1.807, 2.05) is 30.3 Å². The van der Waals surface area contributed by atoms with Crippen molar-refractivity contribution in [3.05, 3.63) is 73.3 Å². The molecule has 0 aliphatic carbocycles. The average molecular weight is 432 g/mol. The Morgan fingerprint density at radius 2 is 2.03 bits per heavy atom. The zero-order chi connectivity index (χ0) is 22.7. The zero-order valence-electron chi connectivity index (χ0n) is 17.4. The molecule has 1 amide bonds. The van der Waals surface area contributed by atoms with Crippen molar-refractivity contribution in [3.63, 3.8) is 0 Å². The summed E-state index contributed by atoms with van der Waals surface area (Å²) in [6.45, 7) is 4.21. The molecule has 0 aliphatic heterocycles. The number of para-hydroxylation sites is 1. The third-order valence-electron chi connectivity index (χ3n) is 4.98. The molecule has 0 spiro atoms. The Morgan fingerprint density at radius 1 is 1.25 bits per heavy atom. The molecule has 0 aliphatic rings. The van der Waals surface area contributed by atoms with Gasteiger partial charge in [-0.1, -0.05) is 24.8 Å². The molecule has 0 saturated heterocycles. The number of rotatable bonds is 7. The van der Waals surface area contributed by atoms with Crippen LogP contribution in [0.25, 0.3) is 22.3 Å². The molecule has 0 unspecified atom stereocenters. The van der Waals surface area contributed by atoms with Crippen LogP contribution in [-0.2, 0) is 11.3 Å². The van der Waals surface area contributed by atoms with Gasteiger partial charge < -0.3 is 15.4 Å². The van der Waals surface area contributed by atoms with E-state index >= 15 is 0 Å². The molecular weight excluding hydrogens is 411 g/mol. The Balaban J connectivity index is 1.76. The Morgan fingerprint density at radius 3 is 2.75 bits per heavy atom. The van der Waals surface area contributed by atoms with Crippen LogP contribution in [0.5, 0.6) is 5.75 Å². The third kappa shape index (κ3) is 4.00. The topological polar surface area (TPSA) is 99.2 Å². The molecule has 0 bridgehead atoms. The predicted molar refractivity (Wildman–Crippen MR) is 121 cm³/mol. The molecule has 2 N–H and O–H groups in total. The number of carbonyl (C=O) groups excluding carboxylic acids is 1. The van der Waals surface area contributed by atoms with E-state index in [0.29, 0.717) is 41.1 Å². The lowest BCUT2D eigenvalue weighted by Crippen LogP contribution is -2.32. The first-order valence-electron chi connectivity index (χ1n) is 9.82. The summed E-state index contributed by atoms with van der Waals surface area (Å²) >= 11 is 0. The second-order valence-corrected chi connectivity index (χ2v) is 6.94. The van der Waals surface area contributed by atoms with Gasteiger partial charge in [0.25, 0.3) is 0 Å². The highest BCUT2D eigenvalue weighted by atomic mass is 19.1. The molecule has 32 heavy (non-hydrogen) atoms. The maximum atomic E-state index is 14.1. The van der Waals surface area contributed by atoms with Gasteiger partial charge in [0.15, 0.2) is 5.65 Å². The lowest BCUT2D eigenvalue weighted by Gasteiger charge is -2.21. The molecule has 0 saturated carbocycles. The summed E-state index contributed by atoms with van der Waals surface area (Å²) in [7, 11) is 1.46. The summed E-state index contributed by atoms with van der Waals surface area (Å²) < 4.78 is 21.0. The molecule has 2 aromatic carbocycles. The molecular formula is C23H21FN6O2. The summed E-state index contributed by atoms with van der Waals surface area (Å²) in [5, 5.41) is 5.14. The molecule has 2 aromatic heterocycles. The van der Waals surface area contributed by atoms with Gasteiger partial charge >= 0.3 is 0 Å². The van der Waals surface area contributed by atoms with Gasteiger partial charge in [-0.3, -0.25) is 4.79 Å². The number of nitrogen functional groups attached to an aromatic ring is 1.